The molecule has 0 bridgehead atoms. The summed E-state index contributed by atoms with van der Waals surface area (Å²) in [5, 5.41) is 12.3. The van der Waals surface area contributed by atoms with Crippen molar-refractivity contribution < 1.29 is 0 Å². The number of benzene rings is 2. The summed E-state index contributed by atoms with van der Waals surface area (Å²) in [5.41, 5.74) is 4.63. The molecular weight excluding hydrogens is 308 g/mol. The van der Waals surface area contributed by atoms with E-state index in [1.54, 1.807) is 12.3 Å². The first kappa shape index (κ1) is 16.7. The average Bonchev–Trinajstić information content (AvgIpc) is 2.62. The van der Waals surface area contributed by atoms with Gasteiger partial charge in [-0.1, -0.05) is 45.0 Å². The number of anilines is 2. The summed E-state index contributed by atoms with van der Waals surface area (Å²) in [6, 6.07) is 19.7. The Morgan fingerprint density at radius 2 is 1.76 bits per heavy atom. The van der Waals surface area contributed by atoms with Gasteiger partial charge in [0.25, 0.3) is 0 Å². The summed E-state index contributed by atoms with van der Waals surface area (Å²) in [5.74, 6) is 0.531. The van der Waals surface area contributed by atoms with Crippen molar-refractivity contribution in [2.45, 2.75) is 26.2 Å². The molecule has 25 heavy (non-hydrogen) atoms. The molecule has 0 spiro atoms. The number of nitriles is 1. The third kappa shape index (κ3) is 4.02. The molecule has 3 aromatic rings. The molecule has 1 N–H and O–H groups in total. The second-order valence-corrected chi connectivity index (χ2v) is 6.91. The predicted octanol–water partition coefficient (Wildman–Crippen LogP) is 5.06. The first-order valence-corrected chi connectivity index (χ1v) is 8.17. The number of rotatable bonds is 3. The molecule has 0 atom stereocenters. The van der Waals surface area contributed by atoms with Gasteiger partial charge in [0.05, 0.1) is 17.3 Å². The molecule has 0 saturated carbocycles. The van der Waals surface area contributed by atoms with Gasteiger partial charge >= 0.3 is 0 Å². The molecule has 3 rings (SSSR count). The van der Waals surface area contributed by atoms with Gasteiger partial charge in [0.1, 0.15) is 0 Å². The largest absolute Gasteiger partial charge is 0.324 e. The van der Waals surface area contributed by atoms with Crippen molar-refractivity contribution in [3.05, 3.63) is 71.9 Å². The Kier molecular flexibility index (Phi) is 4.49. The summed E-state index contributed by atoms with van der Waals surface area (Å²) in [6.07, 6.45) is 1.72. The highest BCUT2D eigenvalue weighted by Gasteiger charge is 2.13. The van der Waals surface area contributed by atoms with Crippen LogP contribution in [-0.2, 0) is 5.41 Å². The Morgan fingerprint density at radius 3 is 2.44 bits per heavy atom. The number of hydrogen-bond donors (Lipinski definition) is 1. The fourth-order valence-corrected chi connectivity index (χ4v) is 2.51. The molecule has 1 heterocycles. The number of hydrogen-bond acceptors (Lipinski definition) is 4. The first-order valence-electron chi connectivity index (χ1n) is 8.17. The fraction of sp³-hybridized carbons (Fsp3) is 0.190. The third-order valence-electron chi connectivity index (χ3n) is 3.95. The quantitative estimate of drug-likeness (QED) is 0.730. The minimum absolute atomic E-state index is 0.126. The van der Waals surface area contributed by atoms with Crippen LogP contribution in [0.5, 0.6) is 0 Å². The van der Waals surface area contributed by atoms with Gasteiger partial charge in [-0.05, 0) is 41.3 Å². The molecule has 4 heteroatoms. The molecule has 0 aliphatic carbocycles. The lowest BCUT2D eigenvalue weighted by Crippen LogP contribution is -2.10. The van der Waals surface area contributed by atoms with E-state index in [9.17, 15) is 0 Å². The molecule has 0 radical (unpaired) electrons. The molecule has 0 fully saturated rings. The average molecular weight is 328 g/mol. The Bertz CT molecular complexity index is 916. The van der Waals surface area contributed by atoms with Crippen LogP contribution in [-0.4, -0.2) is 9.97 Å². The van der Waals surface area contributed by atoms with Crippen LogP contribution in [0.1, 0.15) is 31.9 Å². The minimum Gasteiger partial charge on any atom is -0.324 e. The van der Waals surface area contributed by atoms with Crippen LogP contribution in [0.2, 0.25) is 0 Å². The van der Waals surface area contributed by atoms with E-state index in [0.29, 0.717) is 11.5 Å². The number of aromatic nitrogens is 2. The van der Waals surface area contributed by atoms with Crippen molar-refractivity contribution in [1.29, 1.82) is 5.26 Å². The Labute approximate surface area is 148 Å². The van der Waals surface area contributed by atoms with Crippen molar-refractivity contribution in [2.75, 3.05) is 5.32 Å². The van der Waals surface area contributed by atoms with Crippen LogP contribution < -0.4 is 5.32 Å². The lowest BCUT2D eigenvalue weighted by molar-refractivity contribution is 0.590. The smallest absolute Gasteiger partial charge is 0.227 e. The molecule has 124 valence electrons. The van der Waals surface area contributed by atoms with Crippen molar-refractivity contribution in [1.82, 2.24) is 9.97 Å². The zero-order valence-electron chi connectivity index (χ0n) is 14.6. The summed E-state index contributed by atoms with van der Waals surface area (Å²) in [7, 11) is 0. The van der Waals surface area contributed by atoms with Gasteiger partial charge in [0.15, 0.2) is 0 Å². The molecule has 0 saturated heterocycles. The SMILES string of the molecule is CC(C)(C)c1ccc(Nc2nccc(-c3cccc(C#N)c3)n2)cc1. The Morgan fingerprint density at radius 1 is 1.00 bits per heavy atom. The summed E-state index contributed by atoms with van der Waals surface area (Å²) >= 11 is 0. The van der Waals surface area contributed by atoms with E-state index < -0.39 is 0 Å². The summed E-state index contributed by atoms with van der Waals surface area (Å²) in [6.45, 7) is 6.58. The van der Waals surface area contributed by atoms with Crippen LogP contribution in [0.25, 0.3) is 11.3 Å². The van der Waals surface area contributed by atoms with Crippen LogP contribution in [0, 0.1) is 11.3 Å². The van der Waals surface area contributed by atoms with E-state index in [0.717, 1.165) is 16.9 Å². The van der Waals surface area contributed by atoms with Crippen LogP contribution >= 0.6 is 0 Å². The Balaban J connectivity index is 1.83. The highest BCUT2D eigenvalue weighted by atomic mass is 15.1. The standard InChI is InChI=1S/C21H20N4/c1-21(2,3)17-7-9-18(10-8-17)24-20-23-12-11-19(25-20)16-6-4-5-15(13-16)14-22/h4-13H,1-3H3,(H,23,24,25). The summed E-state index contributed by atoms with van der Waals surface area (Å²) in [4.78, 5) is 8.84. The molecule has 1 aromatic heterocycles. The predicted molar refractivity (Wildman–Crippen MR) is 101 cm³/mol. The zero-order valence-corrected chi connectivity index (χ0v) is 14.6. The van der Waals surface area contributed by atoms with E-state index in [4.69, 9.17) is 5.26 Å². The molecule has 0 aliphatic rings. The summed E-state index contributed by atoms with van der Waals surface area (Å²) < 4.78 is 0. The topological polar surface area (TPSA) is 61.6 Å². The minimum atomic E-state index is 0.126. The second kappa shape index (κ2) is 6.74. The van der Waals surface area contributed by atoms with Gasteiger partial charge in [-0.15, -0.1) is 0 Å². The van der Waals surface area contributed by atoms with E-state index in [2.05, 4.69) is 54.3 Å². The maximum Gasteiger partial charge on any atom is 0.227 e. The molecule has 4 nitrogen and oxygen atoms in total. The van der Waals surface area contributed by atoms with Gasteiger partial charge in [0, 0.05) is 17.4 Å². The third-order valence-corrected chi connectivity index (χ3v) is 3.95. The zero-order chi connectivity index (χ0) is 17.9. The van der Waals surface area contributed by atoms with Gasteiger partial charge in [-0.2, -0.15) is 5.26 Å². The second-order valence-electron chi connectivity index (χ2n) is 6.91. The normalized spacial score (nSPS) is 11.0. The van der Waals surface area contributed by atoms with Crippen LogP contribution in [0.3, 0.4) is 0 Å². The van der Waals surface area contributed by atoms with E-state index in [-0.39, 0.29) is 5.41 Å². The molecular formula is C21H20N4. The van der Waals surface area contributed by atoms with Crippen LogP contribution in [0.4, 0.5) is 11.6 Å². The van der Waals surface area contributed by atoms with Crippen molar-refractivity contribution in [3.63, 3.8) is 0 Å². The van der Waals surface area contributed by atoms with Gasteiger partial charge in [-0.25, -0.2) is 9.97 Å². The monoisotopic (exact) mass is 328 g/mol. The van der Waals surface area contributed by atoms with E-state index in [1.165, 1.54) is 5.56 Å². The highest BCUT2D eigenvalue weighted by molar-refractivity contribution is 5.63. The lowest BCUT2D eigenvalue weighted by Gasteiger charge is -2.19. The number of nitrogens with one attached hydrogen (secondary N) is 1. The molecule has 2 aromatic carbocycles. The van der Waals surface area contributed by atoms with Gasteiger partial charge in [-0.3, -0.25) is 0 Å². The highest BCUT2D eigenvalue weighted by Crippen LogP contribution is 2.25. The lowest BCUT2D eigenvalue weighted by atomic mass is 9.87. The van der Waals surface area contributed by atoms with Gasteiger partial charge < -0.3 is 5.32 Å². The number of nitrogens with zero attached hydrogens (tertiary/aromatic N) is 3. The molecule has 0 amide bonds. The first-order chi connectivity index (χ1) is 12.0. The van der Waals surface area contributed by atoms with Crippen molar-refractivity contribution in [2.24, 2.45) is 0 Å². The van der Waals surface area contributed by atoms with Gasteiger partial charge in [0.2, 0.25) is 5.95 Å². The Hall–Kier alpha value is -3.19. The maximum atomic E-state index is 9.04. The van der Waals surface area contributed by atoms with Crippen molar-refractivity contribution in [3.8, 4) is 17.3 Å². The van der Waals surface area contributed by atoms with E-state index >= 15 is 0 Å². The molecule has 0 unspecified atom stereocenters. The van der Waals surface area contributed by atoms with Crippen LogP contribution in [0.15, 0.2) is 60.8 Å². The fourth-order valence-electron chi connectivity index (χ4n) is 2.51. The maximum absolute atomic E-state index is 9.04. The molecule has 0 aliphatic heterocycles. The van der Waals surface area contributed by atoms with E-state index in [1.807, 2.05) is 36.4 Å². The van der Waals surface area contributed by atoms with Crippen molar-refractivity contribution >= 4 is 11.6 Å².